The molecule has 2 amide bonds. The van der Waals surface area contributed by atoms with Gasteiger partial charge in [0.2, 0.25) is 0 Å². The summed E-state index contributed by atoms with van der Waals surface area (Å²) in [6.45, 7) is 28.8. The second kappa shape index (κ2) is 11.1. The first kappa shape index (κ1) is 30.3. The summed E-state index contributed by atoms with van der Waals surface area (Å²) in [4.78, 5) is 28.0. The average molecular weight is 573 g/mol. The van der Waals surface area contributed by atoms with Gasteiger partial charge < -0.3 is 0 Å². The second-order valence-corrected chi connectivity index (χ2v) is 25.7. The topological polar surface area (TPSA) is 58.2 Å². The molecular weight excluding hydrogens is 524 g/mol. The van der Waals surface area contributed by atoms with Gasteiger partial charge in [0.05, 0.1) is 0 Å². The average Bonchev–Trinajstić information content (AvgIpc) is 2.92. The van der Waals surface area contributed by atoms with Crippen molar-refractivity contribution in [3.63, 3.8) is 0 Å². The summed E-state index contributed by atoms with van der Waals surface area (Å²) in [5, 5.41) is 5.00. The van der Waals surface area contributed by atoms with Crippen molar-refractivity contribution in [2.24, 2.45) is 0 Å². The number of nitrogens with one attached hydrogen (secondary N) is 2. The molecule has 2 aromatic rings. The molecular formula is C30H48N2O2Si2Ti. The Morgan fingerprint density at radius 3 is 1.30 bits per heavy atom. The van der Waals surface area contributed by atoms with E-state index in [1.54, 1.807) is 0 Å². The van der Waals surface area contributed by atoms with Gasteiger partial charge in [-0.15, -0.1) is 0 Å². The number of hydrogen-bond acceptors (Lipinski definition) is 2. The quantitative estimate of drug-likeness (QED) is 0.335. The van der Waals surface area contributed by atoms with E-state index >= 15 is 0 Å². The van der Waals surface area contributed by atoms with Crippen molar-refractivity contribution in [3.05, 3.63) is 35.4 Å². The monoisotopic (exact) mass is 572 g/mol. The van der Waals surface area contributed by atoms with Crippen molar-refractivity contribution in [2.75, 3.05) is 0 Å². The summed E-state index contributed by atoms with van der Waals surface area (Å²) in [5.41, 5.74) is 4.06. The van der Waals surface area contributed by atoms with Gasteiger partial charge in [0.15, 0.2) is 0 Å². The molecule has 1 aliphatic rings. The second-order valence-electron chi connectivity index (χ2n) is 12.9. The molecule has 7 heteroatoms. The number of benzene rings is 2. The van der Waals surface area contributed by atoms with Gasteiger partial charge in [0, 0.05) is 0 Å². The first-order valence-corrected chi connectivity index (χ1v) is 20.2. The maximum atomic E-state index is 14.2. The molecule has 2 aromatic carbocycles. The molecule has 0 saturated carbocycles. The zero-order valence-electron chi connectivity index (χ0n) is 25.1. The van der Waals surface area contributed by atoms with Gasteiger partial charge in [0.25, 0.3) is 0 Å². The van der Waals surface area contributed by atoms with Gasteiger partial charge in [0.1, 0.15) is 0 Å². The van der Waals surface area contributed by atoms with Crippen molar-refractivity contribution in [1.29, 1.82) is 0 Å². The molecule has 1 heterocycles. The molecule has 0 radical (unpaired) electrons. The summed E-state index contributed by atoms with van der Waals surface area (Å²) in [5.74, 6) is -0.115. The Labute approximate surface area is 236 Å². The van der Waals surface area contributed by atoms with Gasteiger partial charge in [-0.05, 0) is 0 Å². The third-order valence-corrected chi connectivity index (χ3v) is 25.2. The van der Waals surface area contributed by atoms with Crippen molar-refractivity contribution >= 4 is 49.1 Å². The molecule has 1 aliphatic heterocycles. The molecule has 0 aromatic heterocycles. The maximum absolute atomic E-state index is 14.2. The van der Waals surface area contributed by atoms with E-state index < -0.39 is 35.8 Å². The van der Waals surface area contributed by atoms with Crippen LogP contribution >= 0.6 is 0 Å². The number of rotatable bonds is 8. The van der Waals surface area contributed by atoms with Gasteiger partial charge in [-0.25, -0.2) is 0 Å². The fraction of sp³-hybridized carbons (Fsp3) is 0.600. The number of hydrogen-bond donors (Lipinski definition) is 2. The number of fused-ring (bicyclic) bond motifs is 3. The number of amides is 2. The third kappa shape index (κ3) is 4.44. The van der Waals surface area contributed by atoms with Crippen LogP contribution in [0.25, 0.3) is 10.8 Å². The summed E-state index contributed by atoms with van der Waals surface area (Å²) in [7, 11) is -4.63. The van der Waals surface area contributed by atoms with E-state index in [0.717, 1.165) is 5.39 Å². The summed E-state index contributed by atoms with van der Waals surface area (Å²) < 4.78 is 6.28. The Morgan fingerprint density at radius 2 is 0.892 bits per heavy atom. The van der Waals surface area contributed by atoms with Crippen LogP contribution in [0.1, 0.15) is 104 Å². The van der Waals surface area contributed by atoms with Crippen LogP contribution in [0, 0.1) is 0 Å². The number of carbonyl (C=O) groups is 2. The molecule has 2 N–H and O–H groups in total. The van der Waals surface area contributed by atoms with Crippen molar-refractivity contribution < 1.29 is 29.3 Å². The fourth-order valence-electron chi connectivity index (χ4n) is 8.79. The first-order valence-electron chi connectivity index (χ1n) is 14.1. The molecule has 0 atom stereocenters. The molecule has 0 spiro atoms. The van der Waals surface area contributed by atoms with Crippen LogP contribution in [-0.4, -0.2) is 28.0 Å². The Hall–Kier alpha value is -1.21. The summed E-state index contributed by atoms with van der Waals surface area (Å²) in [6, 6.07) is 8.51. The van der Waals surface area contributed by atoms with Crippen molar-refractivity contribution in [1.82, 2.24) is 7.60 Å². The van der Waals surface area contributed by atoms with E-state index in [1.807, 2.05) is 6.07 Å². The van der Waals surface area contributed by atoms with E-state index in [1.165, 1.54) is 15.8 Å². The van der Waals surface area contributed by atoms with Crippen LogP contribution < -0.4 is 18.0 Å². The first-order chi connectivity index (χ1) is 17.2. The van der Waals surface area contributed by atoms with Gasteiger partial charge in [-0.2, -0.15) is 0 Å². The van der Waals surface area contributed by atoms with E-state index in [-0.39, 0.29) is 11.8 Å². The molecule has 0 aliphatic carbocycles. The summed E-state index contributed by atoms with van der Waals surface area (Å²) in [6.07, 6.45) is 0. The Kier molecular flexibility index (Phi) is 9.11. The van der Waals surface area contributed by atoms with Crippen LogP contribution in [0.5, 0.6) is 0 Å². The SMILES string of the molecule is CC(C)[Si](c1c2c(c3ccccc3c1[Si](C(C)C)(C(C)C)C(C)C)C(=O)[NH][Ti][NH]C2=O)(C(C)C)C(C)C. The Morgan fingerprint density at radius 1 is 0.541 bits per heavy atom. The van der Waals surface area contributed by atoms with Gasteiger partial charge in [-0.1, -0.05) is 0 Å². The molecule has 3 rings (SSSR count). The van der Waals surface area contributed by atoms with Gasteiger partial charge >= 0.3 is 238 Å². The number of carbonyl (C=O) groups excluding carboxylic acids is 2. The molecule has 0 saturated heterocycles. The van der Waals surface area contributed by atoms with Gasteiger partial charge in [-0.3, -0.25) is 0 Å². The van der Waals surface area contributed by atoms with E-state index in [4.69, 9.17) is 0 Å². The predicted molar refractivity (Wildman–Crippen MR) is 160 cm³/mol. The van der Waals surface area contributed by atoms with E-state index in [9.17, 15) is 9.59 Å². The Bertz CT molecular complexity index is 1140. The standard InChI is InChI=1S/C30H50N2O2Si2.Ti/c1-17(2)35(18(3)4,19(5)6)27-24-16-14-13-15-23(24)25(29(31)33)26(30(32)34)28(27)36(20(7)8,21(9)10)22(11)12;/h13-22H,1-12H3,(H4,31,32,33,34);/q;+2/p-2. The zero-order chi connectivity index (χ0) is 28.0. The minimum absolute atomic E-state index is 0.0339. The van der Waals surface area contributed by atoms with Crippen molar-refractivity contribution in [3.8, 4) is 0 Å². The summed E-state index contributed by atoms with van der Waals surface area (Å²) >= 11 is -1.10. The Balaban J connectivity index is 2.89. The predicted octanol–water partition coefficient (Wildman–Crippen LogP) is 7.00. The normalized spacial score (nSPS) is 15.1. The molecule has 0 bridgehead atoms. The molecule has 4 nitrogen and oxygen atoms in total. The van der Waals surface area contributed by atoms with Crippen LogP contribution in [0.4, 0.5) is 0 Å². The molecule has 202 valence electrons. The minimum atomic E-state index is -2.38. The van der Waals surface area contributed by atoms with E-state index in [0.29, 0.717) is 44.4 Å². The molecule has 0 unspecified atom stereocenters. The zero-order valence-corrected chi connectivity index (χ0v) is 28.7. The van der Waals surface area contributed by atoms with Crippen LogP contribution in [0.2, 0.25) is 33.2 Å². The molecule has 0 fully saturated rings. The van der Waals surface area contributed by atoms with Crippen LogP contribution in [-0.2, 0) is 19.7 Å². The van der Waals surface area contributed by atoms with Crippen LogP contribution in [0.15, 0.2) is 24.3 Å². The third-order valence-electron chi connectivity index (χ3n) is 9.62. The van der Waals surface area contributed by atoms with Crippen molar-refractivity contribution in [2.45, 2.75) is 116 Å². The van der Waals surface area contributed by atoms with E-state index in [2.05, 4.69) is 109 Å². The van der Waals surface area contributed by atoms with Crippen LogP contribution in [0.3, 0.4) is 0 Å². The molecule has 37 heavy (non-hydrogen) atoms. The fourth-order valence-corrected chi connectivity index (χ4v) is 24.9.